The molecule has 1 fully saturated rings. The highest BCUT2D eigenvalue weighted by atomic mass is 79.9. The fraction of sp³-hybridized carbons (Fsp3) is 0.455. The van der Waals surface area contributed by atoms with E-state index < -0.39 is 0 Å². The third-order valence-electron chi connectivity index (χ3n) is 2.71. The van der Waals surface area contributed by atoms with Crippen molar-refractivity contribution in [3.05, 3.63) is 33.9 Å². The number of halogens is 1. The lowest BCUT2D eigenvalue weighted by atomic mass is 9.96. The summed E-state index contributed by atoms with van der Waals surface area (Å²) in [6.07, 6.45) is 1.92. The Morgan fingerprint density at radius 3 is 2.75 bits per heavy atom. The molecular weight excluding hydrogens is 274 g/mol. The summed E-state index contributed by atoms with van der Waals surface area (Å²) < 4.78 is 5.62. The molecule has 0 spiro atoms. The van der Waals surface area contributed by atoms with E-state index in [1.807, 2.05) is 0 Å². The van der Waals surface area contributed by atoms with Gasteiger partial charge in [0.2, 0.25) is 0 Å². The van der Waals surface area contributed by atoms with Crippen LogP contribution in [-0.2, 0) is 0 Å². The molecule has 0 aromatic heterocycles. The van der Waals surface area contributed by atoms with Gasteiger partial charge in [0.1, 0.15) is 6.10 Å². The van der Waals surface area contributed by atoms with Crippen LogP contribution in [0.15, 0.2) is 18.2 Å². The first-order valence-corrected chi connectivity index (χ1v) is 6.04. The van der Waals surface area contributed by atoms with E-state index in [0.29, 0.717) is 16.1 Å². The first kappa shape index (κ1) is 11.4. The van der Waals surface area contributed by atoms with Crippen LogP contribution in [0.4, 0.5) is 5.69 Å². The zero-order valence-corrected chi connectivity index (χ0v) is 10.4. The van der Waals surface area contributed by atoms with E-state index in [4.69, 9.17) is 4.74 Å². The molecule has 1 saturated carbocycles. The van der Waals surface area contributed by atoms with Crippen molar-refractivity contribution in [2.24, 2.45) is 0 Å². The minimum Gasteiger partial charge on any atom is -0.483 e. The molecule has 0 N–H and O–H groups in total. The van der Waals surface area contributed by atoms with Crippen LogP contribution in [0.3, 0.4) is 0 Å². The lowest BCUT2D eigenvalue weighted by Gasteiger charge is -2.31. The second-order valence-electron chi connectivity index (χ2n) is 3.99. The maximum Gasteiger partial charge on any atom is 0.313 e. The normalized spacial score (nSPS) is 23.6. The summed E-state index contributed by atoms with van der Waals surface area (Å²) in [6.45, 7) is 1.72. The Labute approximate surface area is 102 Å². The Hall–Kier alpha value is -1.10. The predicted molar refractivity (Wildman–Crippen MR) is 64.2 cm³/mol. The maximum atomic E-state index is 10.9. The van der Waals surface area contributed by atoms with Crippen molar-refractivity contribution in [3.63, 3.8) is 0 Å². The van der Waals surface area contributed by atoms with Gasteiger partial charge in [0.05, 0.1) is 4.92 Å². The molecule has 0 bridgehead atoms. The van der Waals surface area contributed by atoms with Crippen molar-refractivity contribution in [1.29, 1.82) is 0 Å². The number of nitrogens with zero attached hydrogens (tertiary/aromatic N) is 1. The summed E-state index contributed by atoms with van der Waals surface area (Å²) in [4.78, 5) is 11.0. The Kier molecular flexibility index (Phi) is 3.14. The van der Waals surface area contributed by atoms with Gasteiger partial charge in [-0.2, -0.15) is 0 Å². The van der Waals surface area contributed by atoms with E-state index in [2.05, 4.69) is 15.9 Å². The van der Waals surface area contributed by atoms with Crippen molar-refractivity contribution in [1.82, 2.24) is 0 Å². The van der Waals surface area contributed by atoms with Crippen LogP contribution < -0.4 is 4.74 Å². The van der Waals surface area contributed by atoms with Crippen molar-refractivity contribution in [3.8, 4) is 5.75 Å². The van der Waals surface area contributed by atoms with Gasteiger partial charge in [-0.15, -0.1) is 0 Å². The summed E-state index contributed by atoms with van der Waals surface area (Å²) in [5, 5.41) is 10.9. The number of ether oxygens (including phenoxy) is 1. The molecule has 2 rings (SSSR count). The Bertz CT molecular complexity index is 416. The van der Waals surface area contributed by atoms with E-state index in [-0.39, 0.29) is 16.7 Å². The van der Waals surface area contributed by atoms with Gasteiger partial charge in [-0.05, 0) is 25.8 Å². The third kappa shape index (κ3) is 2.19. The molecule has 0 aliphatic heterocycles. The molecule has 1 aromatic carbocycles. The molecule has 0 atom stereocenters. The molecule has 0 radical (unpaired) electrons. The Morgan fingerprint density at radius 1 is 1.50 bits per heavy atom. The number of alkyl halides is 1. The van der Waals surface area contributed by atoms with Crippen molar-refractivity contribution >= 4 is 21.6 Å². The zero-order valence-electron chi connectivity index (χ0n) is 8.85. The van der Waals surface area contributed by atoms with Crippen molar-refractivity contribution < 1.29 is 9.66 Å². The molecule has 0 amide bonds. The van der Waals surface area contributed by atoms with E-state index in [1.54, 1.807) is 25.1 Å². The smallest absolute Gasteiger partial charge is 0.313 e. The van der Waals surface area contributed by atoms with Gasteiger partial charge in [-0.25, -0.2) is 0 Å². The first-order chi connectivity index (χ1) is 7.58. The van der Waals surface area contributed by atoms with Gasteiger partial charge in [-0.1, -0.05) is 28.1 Å². The number of nitro benzene ring substituents is 1. The summed E-state index contributed by atoms with van der Waals surface area (Å²) >= 11 is 3.46. The van der Waals surface area contributed by atoms with Gasteiger partial charge in [0.25, 0.3) is 0 Å². The Balaban J connectivity index is 2.19. The van der Waals surface area contributed by atoms with Gasteiger partial charge in [-0.3, -0.25) is 10.1 Å². The molecule has 0 saturated heterocycles. The number of rotatable bonds is 3. The molecule has 16 heavy (non-hydrogen) atoms. The molecule has 4 nitrogen and oxygen atoms in total. The number of aryl methyl sites for hydroxylation is 1. The average Bonchev–Trinajstić information content (AvgIpc) is 2.14. The molecule has 1 aliphatic rings. The zero-order chi connectivity index (χ0) is 11.7. The van der Waals surface area contributed by atoms with Gasteiger partial charge in [0.15, 0.2) is 5.75 Å². The van der Waals surface area contributed by atoms with E-state index in [9.17, 15) is 10.1 Å². The van der Waals surface area contributed by atoms with E-state index >= 15 is 0 Å². The number of hydrogen-bond acceptors (Lipinski definition) is 3. The molecule has 5 heteroatoms. The predicted octanol–water partition coefficient (Wildman–Crippen LogP) is 3.21. The van der Waals surface area contributed by atoms with Crippen LogP contribution >= 0.6 is 15.9 Å². The summed E-state index contributed by atoms with van der Waals surface area (Å²) in [5.74, 6) is 0.384. The van der Waals surface area contributed by atoms with Crippen LogP contribution in [0.25, 0.3) is 0 Å². The van der Waals surface area contributed by atoms with Gasteiger partial charge in [0, 0.05) is 10.4 Å². The number of para-hydroxylation sites is 1. The monoisotopic (exact) mass is 285 g/mol. The van der Waals surface area contributed by atoms with Crippen molar-refractivity contribution in [2.45, 2.75) is 30.7 Å². The number of nitro groups is 1. The summed E-state index contributed by atoms with van der Waals surface area (Å²) in [6, 6.07) is 5.16. The SMILES string of the molecule is Cc1cccc(OC2CC(Br)C2)c1[N+](=O)[O-]. The van der Waals surface area contributed by atoms with Gasteiger partial charge < -0.3 is 4.74 Å². The summed E-state index contributed by atoms with van der Waals surface area (Å²) in [7, 11) is 0. The minimum absolute atomic E-state index is 0.0838. The molecule has 0 heterocycles. The fourth-order valence-electron chi connectivity index (χ4n) is 1.74. The van der Waals surface area contributed by atoms with Crippen LogP contribution in [0.2, 0.25) is 0 Å². The summed E-state index contributed by atoms with van der Waals surface area (Å²) in [5.41, 5.74) is 0.720. The van der Waals surface area contributed by atoms with Gasteiger partial charge >= 0.3 is 5.69 Å². The topological polar surface area (TPSA) is 52.4 Å². The highest BCUT2D eigenvalue weighted by Gasteiger charge is 2.30. The van der Waals surface area contributed by atoms with Crippen LogP contribution in [0, 0.1) is 17.0 Å². The average molecular weight is 286 g/mol. The standard InChI is InChI=1S/C11H12BrNO3/c1-7-3-2-4-10(11(7)13(14)15)16-9-5-8(12)6-9/h2-4,8-9H,5-6H2,1H3. The van der Waals surface area contributed by atoms with E-state index in [1.165, 1.54) is 0 Å². The van der Waals surface area contributed by atoms with Crippen LogP contribution in [0.5, 0.6) is 5.75 Å². The largest absolute Gasteiger partial charge is 0.483 e. The van der Waals surface area contributed by atoms with Crippen molar-refractivity contribution in [2.75, 3.05) is 0 Å². The number of benzene rings is 1. The van der Waals surface area contributed by atoms with Crippen LogP contribution in [0.1, 0.15) is 18.4 Å². The lowest BCUT2D eigenvalue weighted by molar-refractivity contribution is -0.386. The maximum absolute atomic E-state index is 10.9. The molecule has 1 aliphatic carbocycles. The Morgan fingerprint density at radius 2 is 2.19 bits per heavy atom. The quantitative estimate of drug-likeness (QED) is 0.487. The van der Waals surface area contributed by atoms with E-state index in [0.717, 1.165) is 12.8 Å². The lowest BCUT2D eigenvalue weighted by Crippen LogP contribution is -2.34. The second-order valence-corrected chi connectivity index (χ2v) is 5.28. The third-order valence-corrected chi connectivity index (χ3v) is 3.46. The fourth-order valence-corrected chi connectivity index (χ4v) is 2.57. The highest BCUT2D eigenvalue weighted by molar-refractivity contribution is 9.09. The minimum atomic E-state index is -0.380. The van der Waals surface area contributed by atoms with Crippen LogP contribution in [-0.4, -0.2) is 15.9 Å². The number of hydrogen-bond donors (Lipinski definition) is 0. The highest BCUT2D eigenvalue weighted by Crippen LogP contribution is 2.36. The molecular formula is C11H12BrNO3. The second kappa shape index (κ2) is 4.41. The molecule has 86 valence electrons. The first-order valence-electron chi connectivity index (χ1n) is 5.12. The molecule has 1 aromatic rings. The molecule has 0 unspecified atom stereocenters.